The second-order valence-corrected chi connectivity index (χ2v) is 5.40. The van der Waals surface area contributed by atoms with Crippen LogP contribution in [0.3, 0.4) is 0 Å². The van der Waals surface area contributed by atoms with Gasteiger partial charge in [-0.3, -0.25) is 4.79 Å². The molecule has 0 bridgehead atoms. The summed E-state index contributed by atoms with van der Waals surface area (Å²) in [6, 6.07) is 13.6. The molecule has 0 aliphatic rings. The molecule has 1 amide bonds. The van der Waals surface area contributed by atoms with Crippen LogP contribution in [0.15, 0.2) is 48.5 Å². The van der Waals surface area contributed by atoms with E-state index < -0.39 is 12.1 Å². The molecule has 2 aromatic rings. The standard InChI is InChI=1S/C18H20N2O5/c1-12(21)20-14-7-8-15(16(22)9-14)19-10-17(23)18(24)25-11-13-5-3-2-4-6-13/h2-9,17,19,22-23H,10-11H2,1H3,(H,20,21). The van der Waals surface area contributed by atoms with Crippen LogP contribution in [0.25, 0.3) is 0 Å². The van der Waals surface area contributed by atoms with Crippen molar-refractivity contribution in [1.82, 2.24) is 0 Å². The van der Waals surface area contributed by atoms with E-state index >= 15 is 0 Å². The smallest absolute Gasteiger partial charge is 0.337 e. The van der Waals surface area contributed by atoms with Gasteiger partial charge in [0.2, 0.25) is 5.91 Å². The topological polar surface area (TPSA) is 108 Å². The highest BCUT2D eigenvalue weighted by Gasteiger charge is 2.17. The molecule has 0 aromatic heterocycles. The van der Waals surface area contributed by atoms with Crippen LogP contribution >= 0.6 is 0 Å². The molecular formula is C18H20N2O5. The summed E-state index contributed by atoms with van der Waals surface area (Å²) in [6.45, 7) is 1.31. The zero-order valence-corrected chi connectivity index (χ0v) is 13.7. The van der Waals surface area contributed by atoms with Gasteiger partial charge in [0.05, 0.1) is 12.2 Å². The number of aromatic hydroxyl groups is 1. The summed E-state index contributed by atoms with van der Waals surface area (Å²) in [7, 11) is 0. The molecule has 25 heavy (non-hydrogen) atoms. The van der Waals surface area contributed by atoms with Gasteiger partial charge in [0.25, 0.3) is 0 Å². The molecule has 1 unspecified atom stereocenters. The molecule has 132 valence electrons. The van der Waals surface area contributed by atoms with Gasteiger partial charge in [-0.15, -0.1) is 0 Å². The Morgan fingerprint density at radius 2 is 1.88 bits per heavy atom. The van der Waals surface area contributed by atoms with Crippen LogP contribution in [0, 0.1) is 0 Å². The van der Waals surface area contributed by atoms with E-state index in [9.17, 15) is 19.8 Å². The van der Waals surface area contributed by atoms with Gasteiger partial charge in [0.15, 0.2) is 6.10 Å². The molecule has 7 nitrogen and oxygen atoms in total. The van der Waals surface area contributed by atoms with Gasteiger partial charge in [0, 0.05) is 18.7 Å². The third kappa shape index (κ3) is 5.82. The average molecular weight is 344 g/mol. The van der Waals surface area contributed by atoms with Crippen molar-refractivity contribution in [2.24, 2.45) is 0 Å². The maximum absolute atomic E-state index is 11.8. The number of aliphatic hydroxyl groups excluding tert-OH is 1. The van der Waals surface area contributed by atoms with E-state index in [2.05, 4.69) is 10.6 Å². The van der Waals surface area contributed by atoms with E-state index in [0.29, 0.717) is 11.4 Å². The van der Waals surface area contributed by atoms with Crippen LogP contribution in [0.4, 0.5) is 11.4 Å². The second-order valence-electron chi connectivity index (χ2n) is 5.40. The van der Waals surface area contributed by atoms with Gasteiger partial charge in [-0.1, -0.05) is 30.3 Å². The van der Waals surface area contributed by atoms with Gasteiger partial charge in [-0.05, 0) is 17.7 Å². The molecule has 0 heterocycles. The first-order valence-electron chi connectivity index (χ1n) is 7.69. The SMILES string of the molecule is CC(=O)Nc1ccc(NCC(O)C(=O)OCc2ccccc2)c(O)c1. The summed E-state index contributed by atoms with van der Waals surface area (Å²) >= 11 is 0. The third-order valence-corrected chi connectivity index (χ3v) is 3.30. The number of hydrogen-bond acceptors (Lipinski definition) is 6. The number of phenols is 1. The number of phenolic OH excluding ortho intramolecular Hbond substituents is 1. The minimum atomic E-state index is -1.38. The van der Waals surface area contributed by atoms with Crippen LogP contribution in [0.1, 0.15) is 12.5 Å². The normalized spacial score (nSPS) is 11.4. The van der Waals surface area contributed by atoms with Crippen molar-refractivity contribution in [3.8, 4) is 5.75 Å². The zero-order valence-electron chi connectivity index (χ0n) is 13.7. The molecule has 0 aliphatic heterocycles. The summed E-state index contributed by atoms with van der Waals surface area (Å²) in [6.07, 6.45) is -1.38. The van der Waals surface area contributed by atoms with Crippen molar-refractivity contribution in [2.75, 3.05) is 17.2 Å². The van der Waals surface area contributed by atoms with E-state index in [-0.39, 0.29) is 24.8 Å². The van der Waals surface area contributed by atoms with Crippen LogP contribution in [0.2, 0.25) is 0 Å². The monoisotopic (exact) mass is 344 g/mol. The van der Waals surface area contributed by atoms with E-state index in [4.69, 9.17) is 4.74 Å². The number of nitrogens with one attached hydrogen (secondary N) is 2. The molecule has 0 radical (unpaired) electrons. The highest BCUT2D eigenvalue weighted by atomic mass is 16.5. The molecule has 0 spiro atoms. The molecule has 0 fully saturated rings. The number of anilines is 2. The predicted molar refractivity (Wildman–Crippen MR) is 93.1 cm³/mol. The van der Waals surface area contributed by atoms with Gasteiger partial charge < -0.3 is 25.6 Å². The fraction of sp³-hybridized carbons (Fsp3) is 0.222. The number of carbonyl (C=O) groups is 2. The molecular weight excluding hydrogens is 324 g/mol. The first kappa shape index (κ1) is 18.3. The van der Waals surface area contributed by atoms with Crippen LogP contribution in [-0.4, -0.2) is 34.7 Å². The van der Waals surface area contributed by atoms with Crippen molar-refractivity contribution in [1.29, 1.82) is 0 Å². The summed E-state index contributed by atoms with van der Waals surface area (Å²) in [4.78, 5) is 22.7. The lowest BCUT2D eigenvalue weighted by Crippen LogP contribution is -2.30. The Hall–Kier alpha value is -3.06. The molecule has 4 N–H and O–H groups in total. The summed E-state index contributed by atoms with van der Waals surface area (Å²) in [5.41, 5.74) is 1.59. The number of rotatable bonds is 7. The molecule has 1 atom stereocenters. The summed E-state index contributed by atoms with van der Waals surface area (Å²) in [5.74, 6) is -1.13. The van der Waals surface area contributed by atoms with E-state index in [1.54, 1.807) is 6.07 Å². The van der Waals surface area contributed by atoms with Crippen molar-refractivity contribution >= 4 is 23.3 Å². The summed E-state index contributed by atoms with van der Waals surface area (Å²) < 4.78 is 5.03. The highest BCUT2D eigenvalue weighted by Crippen LogP contribution is 2.26. The van der Waals surface area contributed by atoms with Gasteiger partial charge in [-0.2, -0.15) is 0 Å². The molecule has 0 saturated heterocycles. The Morgan fingerprint density at radius 3 is 2.52 bits per heavy atom. The highest BCUT2D eigenvalue weighted by molar-refractivity contribution is 5.89. The lowest BCUT2D eigenvalue weighted by Gasteiger charge is -2.14. The van der Waals surface area contributed by atoms with Crippen molar-refractivity contribution < 1.29 is 24.5 Å². The largest absolute Gasteiger partial charge is 0.506 e. The van der Waals surface area contributed by atoms with E-state index in [1.807, 2.05) is 30.3 Å². The van der Waals surface area contributed by atoms with Crippen LogP contribution in [0.5, 0.6) is 5.75 Å². The van der Waals surface area contributed by atoms with Crippen LogP contribution < -0.4 is 10.6 Å². The van der Waals surface area contributed by atoms with E-state index in [0.717, 1.165) is 5.56 Å². The molecule has 2 rings (SSSR count). The molecule has 0 saturated carbocycles. The zero-order chi connectivity index (χ0) is 18.2. The maximum atomic E-state index is 11.8. The lowest BCUT2D eigenvalue weighted by molar-refractivity contribution is -0.154. The van der Waals surface area contributed by atoms with Crippen molar-refractivity contribution in [3.05, 3.63) is 54.1 Å². The Labute approximate surface area is 145 Å². The number of benzene rings is 2. The first-order valence-corrected chi connectivity index (χ1v) is 7.69. The average Bonchev–Trinajstić information content (AvgIpc) is 2.59. The second kappa shape index (κ2) is 8.70. The number of ether oxygens (including phenoxy) is 1. The number of carbonyl (C=O) groups excluding carboxylic acids is 2. The van der Waals surface area contributed by atoms with Gasteiger partial charge in [-0.25, -0.2) is 4.79 Å². The molecule has 0 aliphatic carbocycles. The molecule has 2 aromatic carbocycles. The number of amides is 1. The number of aliphatic hydroxyl groups is 1. The number of esters is 1. The fourth-order valence-corrected chi connectivity index (χ4v) is 2.08. The minimum Gasteiger partial charge on any atom is -0.506 e. The van der Waals surface area contributed by atoms with Gasteiger partial charge >= 0.3 is 5.97 Å². The Morgan fingerprint density at radius 1 is 1.16 bits per heavy atom. The quantitative estimate of drug-likeness (QED) is 0.451. The first-order chi connectivity index (χ1) is 12.0. The van der Waals surface area contributed by atoms with E-state index in [1.165, 1.54) is 19.1 Å². The maximum Gasteiger partial charge on any atom is 0.337 e. The van der Waals surface area contributed by atoms with Crippen molar-refractivity contribution in [2.45, 2.75) is 19.6 Å². The third-order valence-electron chi connectivity index (χ3n) is 3.30. The molecule has 7 heteroatoms. The fourth-order valence-electron chi connectivity index (χ4n) is 2.08. The number of hydrogen-bond donors (Lipinski definition) is 4. The minimum absolute atomic E-state index is 0.0768. The lowest BCUT2D eigenvalue weighted by atomic mass is 10.2. The summed E-state index contributed by atoms with van der Waals surface area (Å²) in [5, 5.41) is 25.0. The Balaban J connectivity index is 1.83. The van der Waals surface area contributed by atoms with Crippen LogP contribution in [-0.2, 0) is 20.9 Å². The van der Waals surface area contributed by atoms with Crippen molar-refractivity contribution in [3.63, 3.8) is 0 Å². The predicted octanol–water partition coefficient (Wildman–Crippen LogP) is 1.87. The van der Waals surface area contributed by atoms with Gasteiger partial charge in [0.1, 0.15) is 12.4 Å². The Kier molecular flexibility index (Phi) is 6.36. The Bertz CT molecular complexity index is 734.